The maximum atomic E-state index is 12.1. The molecule has 2 aliphatic rings. The third-order valence-electron chi connectivity index (χ3n) is 4.08. The Balaban J connectivity index is 1.42. The summed E-state index contributed by atoms with van der Waals surface area (Å²) in [5, 5.41) is 7.64. The van der Waals surface area contributed by atoms with Crippen LogP contribution in [0.25, 0.3) is 0 Å². The highest BCUT2D eigenvalue weighted by Crippen LogP contribution is 2.20. The molecular weight excluding hydrogens is 332 g/mol. The zero-order valence-electron chi connectivity index (χ0n) is 12.9. The number of piperazine rings is 1. The molecule has 0 radical (unpaired) electrons. The van der Waals surface area contributed by atoms with E-state index in [2.05, 4.69) is 20.4 Å². The topological polar surface area (TPSA) is 47.6 Å². The number of halogens is 1. The summed E-state index contributed by atoms with van der Waals surface area (Å²) in [6.45, 7) is 3.77. The molecule has 1 saturated heterocycles. The second-order valence-electron chi connectivity index (χ2n) is 6.01. The average molecular weight is 353 g/mol. The number of para-hydroxylation sites is 1. The summed E-state index contributed by atoms with van der Waals surface area (Å²) in [5.74, 6) is -0.0368. The van der Waals surface area contributed by atoms with Gasteiger partial charge in [-0.25, -0.2) is 0 Å². The largest absolute Gasteiger partial charge is 0.360 e. The first kappa shape index (κ1) is 16.5. The molecule has 2 N–H and O–H groups in total. The molecule has 2 fully saturated rings. The third kappa shape index (κ3) is 4.80. The number of benzene rings is 1. The number of carbonyl (C=O) groups is 1. The highest BCUT2D eigenvalue weighted by Gasteiger charge is 2.26. The van der Waals surface area contributed by atoms with Gasteiger partial charge in [0.2, 0.25) is 5.91 Å². The minimum Gasteiger partial charge on any atom is -0.360 e. The Morgan fingerprint density at radius 3 is 2.57 bits per heavy atom. The van der Waals surface area contributed by atoms with Gasteiger partial charge in [-0.05, 0) is 37.2 Å². The number of anilines is 1. The van der Waals surface area contributed by atoms with Crippen molar-refractivity contribution in [2.75, 3.05) is 38.0 Å². The van der Waals surface area contributed by atoms with Crippen LogP contribution in [0.4, 0.5) is 5.69 Å². The van der Waals surface area contributed by atoms with Gasteiger partial charge in [0.05, 0.1) is 17.3 Å². The second kappa shape index (κ2) is 7.47. The summed E-state index contributed by atoms with van der Waals surface area (Å²) >= 11 is 11.5. The van der Waals surface area contributed by atoms with E-state index in [1.54, 1.807) is 12.1 Å². The predicted molar refractivity (Wildman–Crippen MR) is 96.9 cm³/mol. The standard InChI is InChI=1S/C16H21ClN4OS/c17-13-3-1-2-4-14(13)19-15(22)11-20-7-9-21(10-8-20)16(23)18-12-5-6-12/h1-4,12H,5-11H2,(H,18,23)(H,19,22). The van der Waals surface area contributed by atoms with Crippen molar-refractivity contribution in [1.82, 2.24) is 15.1 Å². The van der Waals surface area contributed by atoms with Gasteiger partial charge in [0.25, 0.3) is 0 Å². The first-order valence-electron chi connectivity index (χ1n) is 7.94. The fourth-order valence-corrected chi connectivity index (χ4v) is 3.09. The van der Waals surface area contributed by atoms with Crippen molar-refractivity contribution < 1.29 is 4.79 Å². The zero-order chi connectivity index (χ0) is 16.2. The van der Waals surface area contributed by atoms with E-state index in [0.29, 0.717) is 23.3 Å². The number of hydrogen-bond donors (Lipinski definition) is 2. The van der Waals surface area contributed by atoms with E-state index >= 15 is 0 Å². The molecular formula is C16H21ClN4OS. The van der Waals surface area contributed by atoms with Crippen LogP contribution in [0.5, 0.6) is 0 Å². The monoisotopic (exact) mass is 352 g/mol. The molecule has 1 aliphatic heterocycles. The number of carbonyl (C=O) groups excluding carboxylic acids is 1. The van der Waals surface area contributed by atoms with Crippen molar-refractivity contribution in [2.24, 2.45) is 0 Å². The molecule has 3 rings (SSSR count). The molecule has 1 aliphatic carbocycles. The predicted octanol–water partition coefficient (Wildman–Crippen LogP) is 1.93. The number of rotatable bonds is 4. The van der Waals surface area contributed by atoms with Crippen molar-refractivity contribution in [3.05, 3.63) is 29.3 Å². The normalized spacial score (nSPS) is 18.6. The summed E-state index contributed by atoms with van der Waals surface area (Å²) < 4.78 is 0. The van der Waals surface area contributed by atoms with Crippen LogP contribution in [0, 0.1) is 0 Å². The first-order valence-corrected chi connectivity index (χ1v) is 8.72. The van der Waals surface area contributed by atoms with E-state index in [1.807, 2.05) is 12.1 Å². The summed E-state index contributed by atoms with van der Waals surface area (Å²) in [7, 11) is 0. The van der Waals surface area contributed by atoms with Gasteiger partial charge >= 0.3 is 0 Å². The first-order chi connectivity index (χ1) is 11.1. The van der Waals surface area contributed by atoms with Crippen molar-refractivity contribution in [1.29, 1.82) is 0 Å². The summed E-state index contributed by atoms with van der Waals surface area (Å²) in [6.07, 6.45) is 2.45. The lowest BCUT2D eigenvalue weighted by Crippen LogP contribution is -2.53. The van der Waals surface area contributed by atoms with E-state index in [4.69, 9.17) is 23.8 Å². The molecule has 0 atom stereocenters. The maximum absolute atomic E-state index is 12.1. The summed E-state index contributed by atoms with van der Waals surface area (Å²) in [6, 6.07) is 7.86. The third-order valence-corrected chi connectivity index (χ3v) is 4.79. The number of thiocarbonyl (C=S) groups is 1. The summed E-state index contributed by atoms with van der Waals surface area (Å²) in [5.41, 5.74) is 0.660. The SMILES string of the molecule is O=C(CN1CCN(C(=S)NC2CC2)CC1)Nc1ccccc1Cl. The van der Waals surface area contributed by atoms with Crippen LogP contribution in [0.3, 0.4) is 0 Å². The van der Waals surface area contributed by atoms with Crippen LogP contribution in [0.1, 0.15) is 12.8 Å². The van der Waals surface area contributed by atoms with Gasteiger partial charge in [0, 0.05) is 32.2 Å². The Labute approximate surface area is 147 Å². The van der Waals surface area contributed by atoms with Gasteiger partial charge in [-0.1, -0.05) is 23.7 Å². The minimum absolute atomic E-state index is 0.0368. The fourth-order valence-electron chi connectivity index (χ4n) is 2.56. The Kier molecular flexibility index (Phi) is 5.35. The van der Waals surface area contributed by atoms with Crippen LogP contribution in [-0.4, -0.2) is 59.6 Å². The van der Waals surface area contributed by atoms with E-state index < -0.39 is 0 Å². The van der Waals surface area contributed by atoms with E-state index in [1.165, 1.54) is 12.8 Å². The van der Waals surface area contributed by atoms with Crippen LogP contribution in [0.15, 0.2) is 24.3 Å². The average Bonchev–Trinajstić information content (AvgIpc) is 3.34. The van der Waals surface area contributed by atoms with Gasteiger partial charge < -0.3 is 15.5 Å². The smallest absolute Gasteiger partial charge is 0.238 e. The number of amides is 1. The van der Waals surface area contributed by atoms with Gasteiger partial charge in [0.15, 0.2) is 5.11 Å². The Morgan fingerprint density at radius 1 is 1.22 bits per heavy atom. The zero-order valence-corrected chi connectivity index (χ0v) is 14.5. The van der Waals surface area contributed by atoms with E-state index in [0.717, 1.165) is 31.3 Å². The minimum atomic E-state index is -0.0368. The van der Waals surface area contributed by atoms with Gasteiger partial charge in [0.1, 0.15) is 0 Å². The maximum Gasteiger partial charge on any atom is 0.238 e. The molecule has 1 saturated carbocycles. The molecule has 5 nitrogen and oxygen atoms in total. The molecule has 1 aromatic rings. The molecule has 124 valence electrons. The molecule has 1 heterocycles. The van der Waals surface area contributed by atoms with Gasteiger partial charge in [-0.3, -0.25) is 9.69 Å². The van der Waals surface area contributed by atoms with E-state index in [9.17, 15) is 4.79 Å². The number of hydrogen-bond acceptors (Lipinski definition) is 3. The van der Waals surface area contributed by atoms with Crippen LogP contribution in [-0.2, 0) is 4.79 Å². The quantitative estimate of drug-likeness (QED) is 0.811. The van der Waals surface area contributed by atoms with Crippen LogP contribution in [0.2, 0.25) is 5.02 Å². The molecule has 1 amide bonds. The number of nitrogens with one attached hydrogen (secondary N) is 2. The van der Waals surface area contributed by atoms with Crippen molar-refractivity contribution in [3.8, 4) is 0 Å². The van der Waals surface area contributed by atoms with Crippen molar-refractivity contribution in [2.45, 2.75) is 18.9 Å². The highest BCUT2D eigenvalue weighted by atomic mass is 35.5. The molecule has 23 heavy (non-hydrogen) atoms. The molecule has 0 spiro atoms. The molecule has 0 aromatic heterocycles. The molecule has 1 aromatic carbocycles. The lowest BCUT2D eigenvalue weighted by molar-refractivity contribution is -0.117. The Morgan fingerprint density at radius 2 is 1.91 bits per heavy atom. The number of nitrogens with zero attached hydrogens (tertiary/aromatic N) is 2. The fraction of sp³-hybridized carbons (Fsp3) is 0.500. The van der Waals surface area contributed by atoms with Crippen molar-refractivity contribution >= 4 is 40.5 Å². The Bertz CT molecular complexity index is 585. The van der Waals surface area contributed by atoms with Gasteiger partial charge in [-0.15, -0.1) is 0 Å². The molecule has 0 bridgehead atoms. The second-order valence-corrected chi connectivity index (χ2v) is 6.81. The van der Waals surface area contributed by atoms with Crippen LogP contribution < -0.4 is 10.6 Å². The molecule has 0 unspecified atom stereocenters. The highest BCUT2D eigenvalue weighted by molar-refractivity contribution is 7.80. The summed E-state index contributed by atoms with van der Waals surface area (Å²) in [4.78, 5) is 16.5. The lowest BCUT2D eigenvalue weighted by atomic mass is 10.3. The van der Waals surface area contributed by atoms with Crippen LogP contribution >= 0.6 is 23.8 Å². The molecule has 7 heteroatoms. The van der Waals surface area contributed by atoms with Crippen molar-refractivity contribution in [3.63, 3.8) is 0 Å². The Hall–Kier alpha value is -1.37. The van der Waals surface area contributed by atoms with Gasteiger partial charge in [-0.2, -0.15) is 0 Å². The lowest BCUT2D eigenvalue weighted by Gasteiger charge is -2.35. The van der Waals surface area contributed by atoms with E-state index in [-0.39, 0.29) is 5.91 Å².